The Kier molecular flexibility index (Phi) is 3.67. The molecular formula is C14H19N3O4. The van der Waals surface area contributed by atoms with Gasteiger partial charge in [0.25, 0.3) is 0 Å². The fraction of sp³-hybridized carbons (Fsp3) is 0.429. The Morgan fingerprint density at radius 3 is 2.57 bits per heavy atom. The van der Waals surface area contributed by atoms with E-state index in [0.717, 1.165) is 12.0 Å². The van der Waals surface area contributed by atoms with E-state index in [-0.39, 0.29) is 16.9 Å². The summed E-state index contributed by atoms with van der Waals surface area (Å²) in [5, 5.41) is 28.6. The Hall–Kier alpha value is -2.44. The Balaban J connectivity index is 2.27. The average molecular weight is 293 g/mol. The van der Waals surface area contributed by atoms with E-state index in [1.165, 1.54) is 0 Å². The van der Waals surface area contributed by atoms with E-state index < -0.39 is 12.0 Å². The van der Waals surface area contributed by atoms with E-state index >= 15 is 0 Å². The van der Waals surface area contributed by atoms with Crippen LogP contribution in [0, 0.1) is 6.92 Å². The lowest BCUT2D eigenvalue weighted by atomic mass is 9.92. The number of nitrogens with one attached hydrogen (secondary N) is 2. The number of hydrogen-bond acceptors (Lipinski definition) is 5. The quantitative estimate of drug-likeness (QED) is 0.689. The number of carboxylic acids is 1. The highest BCUT2D eigenvalue weighted by atomic mass is 16.4. The molecule has 0 amide bonds. The molecule has 0 aliphatic carbocycles. The molecule has 7 heteroatoms. The van der Waals surface area contributed by atoms with E-state index in [4.69, 9.17) is 4.42 Å². The monoisotopic (exact) mass is 293 g/mol. The molecule has 0 aromatic carbocycles. The van der Waals surface area contributed by atoms with E-state index in [9.17, 15) is 15.0 Å². The Morgan fingerprint density at radius 2 is 2.14 bits per heavy atom. The molecule has 0 saturated heterocycles. The molecule has 0 fully saturated rings. The Bertz CT molecular complexity index is 651. The van der Waals surface area contributed by atoms with Crippen molar-refractivity contribution in [3.05, 3.63) is 29.3 Å². The summed E-state index contributed by atoms with van der Waals surface area (Å²) in [7, 11) is 0. The zero-order valence-electron chi connectivity index (χ0n) is 12.4. The lowest BCUT2D eigenvalue weighted by molar-refractivity contribution is -0.138. The van der Waals surface area contributed by atoms with Crippen LogP contribution < -0.4 is 5.32 Å². The first-order chi connectivity index (χ1) is 9.70. The maximum atomic E-state index is 11.4. The molecule has 2 aromatic heterocycles. The van der Waals surface area contributed by atoms with Crippen molar-refractivity contribution in [3.63, 3.8) is 0 Å². The second-order valence-corrected chi connectivity index (χ2v) is 5.94. The third kappa shape index (κ3) is 3.01. The number of aliphatic carboxylic acids is 1. The second-order valence-electron chi connectivity index (χ2n) is 5.94. The predicted octanol–water partition coefficient (Wildman–Crippen LogP) is 2.55. The molecule has 1 unspecified atom stereocenters. The van der Waals surface area contributed by atoms with Gasteiger partial charge in [0.1, 0.15) is 17.8 Å². The molecule has 0 radical (unpaired) electrons. The van der Waals surface area contributed by atoms with Gasteiger partial charge in [-0.15, -0.1) is 0 Å². The number of rotatable bonds is 4. The molecule has 2 heterocycles. The van der Waals surface area contributed by atoms with Gasteiger partial charge in [0, 0.05) is 22.7 Å². The molecule has 0 aliphatic rings. The highest BCUT2D eigenvalue weighted by Gasteiger charge is 2.28. The van der Waals surface area contributed by atoms with Gasteiger partial charge in [-0.25, -0.2) is 4.79 Å². The fourth-order valence-corrected chi connectivity index (χ4v) is 1.87. The minimum absolute atomic E-state index is 0.0736. The number of H-pyrrole nitrogens is 1. The normalized spacial score (nSPS) is 13.1. The second kappa shape index (κ2) is 5.16. The van der Waals surface area contributed by atoms with Gasteiger partial charge in [-0.1, -0.05) is 20.8 Å². The summed E-state index contributed by atoms with van der Waals surface area (Å²) in [5.74, 6) is -0.633. The van der Waals surface area contributed by atoms with E-state index in [2.05, 4.69) is 15.5 Å². The number of aromatic nitrogens is 2. The molecule has 114 valence electrons. The first-order valence-corrected chi connectivity index (χ1v) is 6.52. The van der Waals surface area contributed by atoms with Gasteiger partial charge in [-0.3, -0.25) is 5.10 Å². The SMILES string of the molecule is Cc1c(O)coc1C(Nc1cc(C(C)(C)C)[nH]n1)C(=O)O. The minimum Gasteiger partial charge on any atom is -0.504 e. The van der Waals surface area contributed by atoms with Crippen molar-refractivity contribution in [1.29, 1.82) is 0 Å². The zero-order chi connectivity index (χ0) is 15.8. The van der Waals surface area contributed by atoms with Crippen molar-refractivity contribution < 1.29 is 19.4 Å². The molecule has 0 aliphatic heterocycles. The highest BCUT2D eigenvalue weighted by molar-refractivity contribution is 5.78. The molecule has 2 aromatic rings. The molecule has 2 rings (SSSR count). The zero-order valence-corrected chi connectivity index (χ0v) is 12.4. The van der Waals surface area contributed by atoms with Crippen LogP contribution >= 0.6 is 0 Å². The summed E-state index contributed by atoms with van der Waals surface area (Å²) in [6.07, 6.45) is 1.12. The lowest BCUT2D eigenvalue weighted by Gasteiger charge is -2.15. The molecular weight excluding hydrogens is 274 g/mol. The van der Waals surface area contributed by atoms with Crippen LogP contribution in [-0.2, 0) is 10.2 Å². The Morgan fingerprint density at radius 1 is 1.48 bits per heavy atom. The Labute approximate surface area is 122 Å². The van der Waals surface area contributed by atoms with Crippen molar-refractivity contribution in [2.75, 3.05) is 5.32 Å². The van der Waals surface area contributed by atoms with Crippen LogP contribution in [-0.4, -0.2) is 26.4 Å². The van der Waals surface area contributed by atoms with Crippen molar-refractivity contribution in [2.45, 2.75) is 39.2 Å². The van der Waals surface area contributed by atoms with Gasteiger partial charge >= 0.3 is 5.97 Å². The van der Waals surface area contributed by atoms with Crippen molar-refractivity contribution in [3.8, 4) is 5.75 Å². The molecule has 7 nitrogen and oxygen atoms in total. The number of aromatic hydroxyl groups is 1. The van der Waals surface area contributed by atoms with Crippen LogP contribution in [0.1, 0.15) is 43.8 Å². The summed E-state index contributed by atoms with van der Waals surface area (Å²) < 4.78 is 5.13. The maximum Gasteiger partial charge on any atom is 0.334 e. The van der Waals surface area contributed by atoms with Crippen LogP contribution in [0.2, 0.25) is 0 Å². The summed E-state index contributed by atoms with van der Waals surface area (Å²) >= 11 is 0. The minimum atomic E-state index is -1.12. The van der Waals surface area contributed by atoms with Crippen molar-refractivity contribution in [1.82, 2.24) is 10.2 Å². The molecule has 4 N–H and O–H groups in total. The number of carbonyl (C=O) groups is 1. The fourth-order valence-electron chi connectivity index (χ4n) is 1.87. The van der Waals surface area contributed by atoms with Crippen LogP contribution in [0.5, 0.6) is 5.75 Å². The largest absolute Gasteiger partial charge is 0.504 e. The van der Waals surface area contributed by atoms with Crippen LogP contribution in [0.4, 0.5) is 5.82 Å². The molecule has 21 heavy (non-hydrogen) atoms. The summed E-state index contributed by atoms with van der Waals surface area (Å²) in [5.41, 5.74) is 1.15. The molecule has 0 bridgehead atoms. The maximum absolute atomic E-state index is 11.4. The molecule has 0 spiro atoms. The van der Waals surface area contributed by atoms with Gasteiger partial charge in [0.05, 0.1) is 0 Å². The van der Waals surface area contributed by atoms with E-state index in [0.29, 0.717) is 11.4 Å². The molecule has 1 atom stereocenters. The highest BCUT2D eigenvalue weighted by Crippen LogP contribution is 2.30. The standard InChI is InChI=1S/C14H19N3O4/c1-7-8(18)6-21-12(7)11(13(19)20)15-10-5-9(16-17-10)14(2,3)4/h5-6,11,18H,1-4H3,(H,19,20)(H2,15,16,17). The van der Waals surface area contributed by atoms with Crippen molar-refractivity contribution >= 4 is 11.8 Å². The number of aromatic amines is 1. The number of hydrogen-bond donors (Lipinski definition) is 4. The van der Waals surface area contributed by atoms with E-state index in [1.54, 1.807) is 13.0 Å². The molecule has 0 saturated carbocycles. The summed E-state index contributed by atoms with van der Waals surface area (Å²) in [4.78, 5) is 11.4. The van der Waals surface area contributed by atoms with Crippen LogP contribution in [0.25, 0.3) is 0 Å². The topological polar surface area (TPSA) is 111 Å². The smallest absolute Gasteiger partial charge is 0.334 e. The van der Waals surface area contributed by atoms with Crippen molar-refractivity contribution in [2.24, 2.45) is 0 Å². The first kappa shape index (κ1) is 15.0. The van der Waals surface area contributed by atoms with Gasteiger partial charge in [-0.2, -0.15) is 5.10 Å². The summed E-state index contributed by atoms with van der Waals surface area (Å²) in [6.45, 7) is 7.66. The third-order valence-electron chi connectivity index (χ3n) is 3.24. The van der Waals surface area contributed by atoms with Gasteiger partial charge < -0.3 is 19.9 Å². The number of anilines is 1. The number of nitrogens with zero attached hydrogens (tertiary/aromatic N) is 1. The number of carboxylic acid groups (broad SMARTS) is 1. The van der Waals surface area contributed by atoms with Gasteiger partial charge in [0.2, 0.25) is 0 Å². The average Bonchev–Trinajstić information content (AvgIpc) is 2.95. The van der Waals surface area contributed by atoms with Gasteiger partial charge in [0.15, 0.2) is 11.8 Å². The first-order valence-electron chi connectivity index (χ1n) is 6.52. The summed E-state index contributed by atoms with van der Waals surface area (Å²) in [6, 6.07) is 0.635. The predicted molar refractivity (Wildman–Crippen MR) is 76.4 cm³/mol. The lowest BCUT2D eigenvalue weighted by Crippen LogP contribution is -2.21. The van der Waals surface area contributed by atoms with E-state index in [1.807, 2.05) is 20.8 Å². The van der Waals surface area contributed by atoms with Crippen LogP contribution in [0.15, 0.2) is 16.7 Å². The van der Waals surface area contributed by atoms with Gasteiger partial charge in [-0.05, 0) is 6.92 Å². The van der Waals surface area contributed by atoms with Crippen LogP contribution in [0.3, 0.4) is 0 Å². The number of furan rings is 1. The third-order valence-corrected chi connectivity index (χ3v) is 3.24.